The van der Waals surface area contributed by atoms with Gasteiger partial charge in [-0.25, -0.2) is 15.0 Å². The Morgan fingerprint density at radius 1 is 1.25 bits per heavy atom. The molecule has 1 atom stereocenters. The minimum Gasteiger partial charge on any atom is -0.315 e. The number of rotatable bonds is 2. The number of fused-ring (bicyclic) bond motifs is 1. The van der Waals surface area contributed by atoms with E-state index in [4.69, 9.17) is 0 Å². The minimum atomic E-state index is -0.503. The summed E-state index contributed by atoms with van der Waals surface area (Å²) < 4.78 is 1.86. The van der Waals surface area contributed by atoms with Crippen LogP contribution in [0.5, 0.6) is 0 Å². The van der Waals surface area contributed by atoms with Gasteiger partial charge in [0.15, 0.2) is 0 Å². The molecule has 0 N–H and O–H groups in total. The van der Waals surface area contributed by atoms with Crippen LogP contribution in [0.4, 0.5) is 0 Å². The summed E-state index contributed by atoms with van der Waals surface area (Å²) in [6.45, 7) is 1.86. The lowest BCUT2D eigenvalue weighted by Gasteiger charge is -2.22. The van der Waals surface area contributed by atoms with Gasteiger partial charge in [-0.3, -0.25) is 9.59 Å². The van der Waals surface area contributed by atoms with E-state index in [9.17, 15) is 9.59 Å². The van der Waals surface area contributed by atoms with E-state index in [0.717, 1.165) is 16.9 Å². The van der Waals surface area contributed by atoms with Gasteiger partial charge in [0, 0.05) is 14.1 Å². The van der Waals surface area contributed by atoms with Crippen molar-refractivity contribution in [3.63, 3.8) is 0 Å². The van der Waals surface area contributed by atoms with Crippen molar-refractivity contribution >= 4 is 22.8 Å². The highest BCUT2D eigenvalue weighted by atomic mass is 16.2. The maximum atomic E-state index is 12.5. The molecule has 1 aromatic heterocycles. The van der Waals surface area contributed by atoms with Crippen molar-refractivity contribution in [2.24, 2.45) is 0 Å². The van der Waals surface area contributed by atoms with Gasteiger partial charge in [-0.1, -0.05) is 12.1 Å². The molecular weight excluding hydrogens is 256 g/mol. The Morgan fingerprint density at radius 3 is 2.60 bits per heavy atom. The first-order chi connectivity index (χ1) is 9.50. The van der Waals surface area contributed by atoms with Gasteiger partial charge in [0.1, 0.15) is 11.9 Å². The molecule has 1 aromatic carbocycles. The average Bonchev–Trinajstić information content (AvgIpc) is 2.85. The Kier molecular flexibility index (Phi) is 2.83. The number of aryl methyl sites for hydroxylation is 1. The van der Waals surface area contributed by atoms with Crippen LogP contribution in [-0.2, 0) is 9.59 Å². The molecule has 6 nitrogen and oxygen atoms in total. The van der Waals surface area contributed by atoms with Gasteiger partial charge in [0.2, 0.25) is 5.91 Å². The zero-order valence-electron chi connectivity index (χ0n) is 11.7. The van der Waals surface area contributed by atoms with Crippen LogP contribution in [-0.4, -0.2) is 45.5 Å². The molecule has 1 aliphatic rings. The number of carbonyl (C=O) groups excluding carboxylic acids is 2. The highest BCUT2D eigenvalue weighted by molar-refractivity contribution is 6.04. The molecule has 6 heteroatoms. The van der Waals surface area contributed by atoms with Gasteiger partial charge in [-0.15, -0.1) is 0 Å². The van der Waals surface area contributed by atoms with E-state index in [0.29, 0.717) is 0 Å². The summed E-state index contributed by atoms with van der Waals surface area (Å²) in [5, 5.41) is 2.72. The minimum absolute atomic E-state index is 0.179. The number of aromatic nitrogens is 2. The number of imide groups is 1. The second-order valence-electron chi connectivity index (χ2n) is 5.13. The molecule has 0 spiro atoms. The van der Waals surface area contributed by atoms with Gasteiger partial charge >= 0.3 is 0 Å². The second-order valence-corrected chi connectivity index (χ2v) is 5.13. The molecule has 0 bridgehead atoms. The number of hydrogen-bond donors (Lipinski definition) is 0. The second kappa shape index (κ2) is 4.42. The summed E-state index contributed by atoms with van der Waals surface area (Å²) in [6, 6.07) is 7.14. The quantitative estimate of drug-likeness (QED) is 0.769. The fraction of sp³-hybridized carbons (Fsp3) is 0.357. The van der Waals surface area contributed by atoms with Gasteiger partial charge in [-0.05, 0) is 19.1 Å². The lowest BCUT2D eigenvalue weighted by atomic mass is 10.2. The molecule has 3 rings (SSSR count). The molecule has 2 heterocycles. The Bertz CT molecular complexity index is 704. The van der Waals surface area contributed by atoms with E-state index in [1.54, 1.807) is 14.1 Å². The molecule has 2 aromatic rings. The number of imidazole rings is 1. The topological polar surface area (TPSA) is 58.4 Å². The molecule has 2 amide bonds. The Labute approximate surface area is 116 Å². The van der Waals surface area contributed by atoms with Crippen LogP contribution in [0, 0.1) is 6.92 Å². The van der Waals surface area contributed by atoms with Crippen LogP contribution in [0.2, 0.25) is 0 Å². The molecule has 20 heavy (non-hydrogen) atoms. The summed E-state index contributed by atoms with van der Waals surface area (Å²) in [5.74, 6) is 0.367. The maximum Gasteiger partial charge on any atom is 0.267 e. The fourth-order valence-corrected chi connectivity index (χ4v) is 2.78. The lowest BCUT2D eigenvalue weighted by molar-refractivity contribution is -0.153. The van der Waals surface area contributed by atoms with Crippen molar-refractivity contribution in [2.75, 3.05) is 14.1 Å². The fourth-order valence-electron chi connectivity index (χ4n) is 2.78. The summed E-state index contributed by atoms with van der Waals surface area (Å²) in [4.78, 5) is 28.9. The van der Waals surface area contributed by atoms with Crippen LogP contribution < -0.4 is 0 Å². The first kappa shape index (κ1) is 12.8. The van der Waals surface area contributed by atoms with Gasteiger partial charge in [0.25, 0.3) is 5.91 Å². The molecular formula is C14H16N4O2. The van der Waals surface area contributed by atoms with Crippen LogP contribution in [0.1, 0.15) is 18.3 Å². The number of amides is 2. The predicted molar refractivity (Wildman–Crippen MR) is 73.7 cm³/mol. The van der Waals surface area contributed by atoms with Crippen molar-refractivity contribution in [3.05, 3.63) is 30.1 Å². The molecule has 0 radical (unpaired) electrons. The van der Waals surface area contributed by atoms with Crippen molar-refractivity contribution < 1.29 is 9.59 Å². The average molecular weight is 272 g/mol. The van der Waals surface area contributed by atoms with E-state index in [2.05, 4.69) is 4.98 Å². The third-order valence-corrected chi connectivity index (χ3v) is 3.58. The van der Waals surface area contributed by atoms with Crippen molar-refractivity contribution in [3.8, 4) is 0 Å². The van der Waals surface area contributed by atoms with Gasteiger partial charge in [0.05, 0.1) is 17.5 Å². The van der Waals surface area contributed by atoms with E-state index in [-0.39, 0.29) is 18.2 Å². The Morgan fingerprint density at radius 2 is 1.95 bits per heavy atom. The van der Waals surface area contributed by atoms with Crippen molar-refractivity contribution in [2.45, 2.75) is 19.4 Å². The van der Waals surface area contributed by atoms with Crippen molar-refractivity contribution in [1.82, 2.24) is 19.6 Å². The van der Waals surface area contributed by atoms with E-state index < -0.39 is 6.04 Å². The number of hydrazine groups is 1. The van der Waals surface area contributed by atoms with Crippen LogP contribution in [0.15, 0.2) is 24.3 Å². The normalized spacial score (nSPS) is 19.6. The number of hydrogen-bond acceptors (Lipinski definition) is 4. The molecule has 1 saturated heterocycles. The molecule has 104 valence electrons. The number of carbonyl (C=O) groups is 2. The van der Waals surface area contributed by atoms with E-state index in [1.807, 2.05) is 35.8 Å². The summed E-state index contributed by atoms with van der Waals surface area (Å²) in [7, 11) is 3.38. The summed E-state index contributed by atoms with van der Waals surface area (Å²) in [6.07, 6.45) is 0.179. The lowest BCUT2D eigenvalue weighted by Crippen LogP contribution is -2.42. The first-order valence-electron chi connectivity index (χ1n) is 6.48. The molecule has 0 saturated carbocycles. The van der Waals surface area contributed by atoms with Crippen LogP contribution in [0.25, 0.3) is 11.0 Å². The van der Waals surface area contributed by atoms with Gasteiger partial charge < -0.3 is 4.57 Å². The monoisotopic (exact) mass is 272 g/mol. The summed E-state index contributed by atoms with van der Waals surface area (Å²) >= 11 is 0. The summed E-state index contributed by atoms with van der Waals surface area (Å²) in [5.41, 5.74) is 1.73. The maximum absolute atomic E-state index is 12.5. The Hall–Kier alpha value is -2.21. The third-order valence-electron chi connectivity index (χ3n) is 3.58. The first-order valence-corrected chi connectivity index (χ1v) is 6.48. The molecule has 1 aliphatic heterocycles. The SMILES string of the molecule is Cc1nc2ccccc2n1[C@@H]1CC(=O)N(N(C)C)C1=O. The highest BCUT2D eigenvalue weighted by Crippen LogP contribution is 2.30. The number of nitrogens with zero attached hydrogens (tertiary/aromatic N) is 4. The molecule has 0 aliphatic carbocycles. The van der Waals surface area contributed by atoms with Crippen LogP contribution >= 0.6 is 0 Å². The van der Waals surface area contributed by atoms with Crippen LogP contribution in [0.3, 0.4) is 0 Å². The number of para-hydroxylation sites is 2. The number of benzene rings is 1. The standard InChI is InChI=1S/C14H16N4O2/c1-9-15-10-6-4-5-7-11(10)17(9)12-8-13(19)18(14(12)20)16(2)3/h4-7,12H,8H2,1-3H3/t12-/m1/s1. The largest absolute Gasteiger partial charge is 0.315 e. The van der Waals surface area contributed by atoms with Gasteiger partial charge in [-0.2, -0.15) is 0 Å². The molecule has 0 unspecified atom stereocenters. The zero-order chi connectivity index (χ0) is 14.4. The highest BCUT2D eigenvalue weighted by Gasteiger charge is 2.42. The Balaban J connectivity index is 2.11. The smallest absolute Gasteiger partial charge is 0.267 e. The predicted octanol–water partition coefficient (Wildman–Crippen LogP) is 1.12. The third kappa shape index (κ3) is 1.72. The van der Waals surface area contributed by atoms with E-state index >= 15 is 0 Å². The van der Waals surface area contributed by atoms with E-state index in [1.165, 1.54) is 10.0 Å². The molecule has 1 fully saturated rings. The van der Waals surface area contributed by atoms with Crippen molar-refractivity contribution in [1.29, 1.82) is 0 Å². The zero-order valence-corrected chi connectivity index (χ0v) is 11.7.